The number of nitrogens with zero attached hydrogens (tertiary/aromatic N) is 1. The van der Waals surface area contributed by atoms with Crippen LogP contribution in [0.25, 0.3) is 0 Å². The molecule has 2 aromatic carbocycles. The Bertz CT molecular complexity index is 748. The molecule has 0 heterocycles. The fraction of sp³-hybridized carbons (Fsp3) is 0.125. The minimum absolute atomic E-state index is 0.303. The van der Waals surface area contributed by atoms with Crippen molar-refractivity contribution in [1.29, 1.82) is 0 Å². The maximum atomic E-state index is 12.0. The van der Waals surface area contributed by atoms with Gasteiger partial charge in [0.05, 0.1) is 22.9 Å². The van der Waals surface area contributed by atoms with Gasteiger partial charge in [-0.15, -0.1) is 0 Å². The molecule has 0 spiro atoms. The molecule has 4 nitrogen and oxygen atoms in total. The predicted molar refractivity (Wildman–Crippen MR) is 94.1 cm³/mol. The first-order valence-corrected chi connectivity index (χ1v) is 7.85. The smallest absolute Gasteiger partial charge is 0.271 e. The molecule has 1 amide bonds. The highest BCUT2D eigenvalue weighted by Crippen LogP contribution is 2.23. The van der Waals surface area contributed by atoms with Crippen molar-refractivity contribution >= 4 is 46.9 Å². The van der Waals surface area contributed by atoms with E-state index in [4.69, 9.17) is 39.5 Å². The first kappa shape index (κ1) is 17.6. The molecule has 0 radical (unpaired) electrons. The Balaban J connectivity index is 2.10. The molecule has 0 aromatic heterocycles. The number of carbonyl (C=O) groups excluding carboxylic acids is 1. The molecule has 1 N–H and O–H groups in total. The Labute approximate surface area is 149 Å². The van der Waals surface area contributed by atoms with Gasteiger partial charge in [-0.05, 0) is 43.3 Å². The zero-order chi connectivity index (χ0) is 16.8. The van der Waals surface area contributed by atoms with E-state index in [0.29, 0.717) is 38.6 Å². The summed E-state index contributed by atoms with van der Waals surface area (Å²) in [6.45, 7) is 2.39. The number of ether oxygens (including phenoxy) is 1. The van der Waals surface area contributed by atoms with Gasteiger partial charge in [-0.3, -0.25) is 4.79 Å². The lowest BCUT2D eigenvalue weighted by molar-refractivity contribution is 0.0955. The summed E-state index contributed by atoms with van der Waals surface area (Å²) in [5, 5.41) is 5.15. The number of benzene rings is 2. The zero-order valence-electron chi connectivity index (χ0n) is 12.1. The van der Waals surface area contributed by atoms with E-state index in [1.54, 1.807) is 30.3 Å². The number of amides is 1. The van der Waals surface area contributed by atoms with Gasteiger partial charge in [-0.1, -0.05) is 34.8 Å². The summed E-state index contributed by atoms with van der Waals surface area (Å²) in [5.41, 5.74) is 3.43. The van der Waals surface area contributed by atoms with Crippen LogP contribution in [0.5, 0.6) is 5.75 Å². The largest absolute Gasteiger partial charge is 0.493 e. The van der Waals surface area contributed by atoms with Crippen molar-refractivity contribution in [2.45, 2.75) is 6.92 Å². The minimum Gasteiger partial charge on any atom is -0.493 e. The van der Waals surface area contributed by atoms with Gasteiger partial charge in [-0.25, -0.2) is 5.43 Å². The number of hydrogen-bond acceptors (Lipinski definition) is 3. The van der Waals surface area contributed by atoms with E-state index in [0.717, 1.165) is 0 Å². The Morgan fingerprint density at radius 1 is 1.17 bits per heavy atom. The van der Waals surface area contributed by atoms with E-state index in [1.165, 1.54) is 12.3 Å². The maximum Gasteiger partial charge on any atom is 0.271 e. The second-order valence-electron chi connectivity index (χ2n) is 4.44. The minimum atomic E-state index is -0.403. The van der Waals surface area contributed by atoms with Crippen LogP contribution in [0.4, 0.5) is 0 Å². The molecule has 0 fully saturated rings. The molecule has 0 aliphatic heterocycles. The van der Waals surface area contributed by atoms with Crippen LogP contribution in [0.2, 0.25) is 15.1 Å². The zero-order valence-corrected chi connectivity index (χ0v) is 14.4. The van der Waals surface area contributed by atoms with Crippen LogP contribution < -0.4 is 10.2 Å². The number of halogens is 3. The topological polar surface area (TPSA) is 50.7 Å². The summed E-state index contributed by atoms with van der Waals surface area (Å²) < 4.78 is 5.47. The van der Waals surface area contributed by atoms with Crippen molar-refractivity contribution in [3.05, 3.63) is 62.6 Å². The van der Waals surface area contributed by atoms with Crippen LogP contribution in [0.15, 0.2) is 41.5 Å². The number of nitrogens with one attached hydrogen (secondary N) is 1. The SMILES string of the molecule is CCOc1ccc(Cl)cc1/C=N\NC(=O)c1ccc(Cl)c(Cl)c1. The molecule has 7 heteroatoms. The lowest BCUT2D eigenvalue weighted by Crippen LogP contribution is -2.17. The van der Waals surface area contributed by atoms with Gasteiger partial charge in [0.15, 0.2) is 0 Å². The quantitative estimate of drug-likeness (QED) is 0.606. The normalized spacial score (nSPS) is 10.8. The molecular formula is C16H13Cl3N2O2. The van der Waals surface area contributed by atoms with Crippen LogP contribution in [-0.2, 0) is 0 Å². The summed E-state index contributed by atoms with van der Waals surface area (Å²) in [6, 6.07) is 9.74. The third kappa shape index (κ3) is 4.86. The standard InChI is InChI=1S/C16H13Cl3N2O2/c1-2-23-15-6-4-12(17)7-11(15)9-20-21-16(22)10-3-5-13(18)14(19)8-10/h3-9H,2H2,1H3,(H,21,22)/b20-9-. The highest BCUT2D eigenvalue weighted by Gasteiger charge is 2.07. The fourth-order valence-corrected chi connectivity index (χ4v) is 2.25. The van der Waals surface area contributed by atoms with Crippen LogP contribution in [-0.4, -0.2) is 18.7 Å². The van der Waals surface area contributed by atoms with Crippen molar-refractivity contribution < 1.29 is 9.53 Å². The van der Waals surface area contributed by atoms with Crippen LogP contribution in [0, 0.1) is 0 Å². The number of hydrazone groups is 1. The average Bonchev–Trinajstić information content (AvgIpc) is 2.52. The molecule has 120 valence electrons. The number of hydrogen-bond donors (Lipinski definition) is 1. The van der Waals surface area contributed by atoms with Crippen LogP contribution >= 0.6 is 34.8 Å². The van der Waals surface area contributed by atoms with E-state index in [-0.39, 0.29) is 0 Å². The van der Waals surface area contributed by atoms with Gasteiger partial charge in [0.1, 0.15) is 5.75 Å². The summed E-state index contributed by atoms with van der Waals surface area (Å²) in [5.74, 6) is 0.226. The lowest BCUT2D eigenvalue weighted by Gasteiger charge is -2.07. The van der Waals surface area contributed by atoms with Gasteiger partial charge in [0.2, 0.25) is 0 Å². The van der Waals surface area contributed by atoms with Gasteiger partial charge in [0, 0.05) is 16.1 Å². The monoisotopic (exact) mass is 370 g/mol. The molecule has 2 rings (SSSR count). The Morgan fingerprint density at radius 3 is 2.65 bits per heavy atom. The maximum absolute atomic E-state index is 12.0. The molecule has 0 atom stereocenters. The second kappa shape index (κ2) is 8.20. The van der Waals surface area contributed by atoms with Gasteiger partial charge in [-0.2, -0.15) is 5.10 Å². The molecule has 0 aliphatic rings. The molecule has 2 aromatic rings. The van der Waals surface area contributed by atoms with Gasteiger partial charge < -0.3 is 4.74 Å². The first-order chi connectivity index (χ1) is 11.0. The van der Waals surface area contributed by atoms with Crippen molar-refractivity contribution in [2.24, 2.45) is 5.10 Å². The Hall–Kier alpha value is -1.75. The number of rotatable bonds is 5. The van der Waals surface area contributed by atoms with Crippen molar-refractivity contribution in [3.63, 3.8) is 0 Å². The van der Waals surface area contributed by atoms with Crippen LogP contribution in [0.3, 0.4) is 0 Å². The van der Waals surface area contributed by atoms with Crippen molar-refractivity contribution in [2.75, 3.05) is 6.61 Å². The summed E-state index contributed by atoms with van der Waals surface area (Å²) in [6.07, 6.45) is 1.46. The van der Waals surface area contributed by atoms with Crippen LogP contribution in [0.1, 0.15) is 22.8 Å². The van der Waals surface area contributed by atoms with Gasteiger partial charge >= 0.3 is 0 Å². The molecule has 0 saturated carbocycles. The second-order valence-corrected chi connectivity index (χ2v) is 5.69. The molecular weight excluding hydrogens is 359 g/mol. The lowest BCUT2D eigenvalue weighted by atomic mass is 10.2. The molecule has 0 bridgehead atoms. The first-order valence-electron chi connectivity index (χ1n) is 6.72. The molecule has 23 heavy (non-hydrogen) atoms. The third-order valence-corrected chi connectivity index (χ3v) is 3.80. The van der Waals surface area contributed by atoms with E-state index >= 15 is 0 Å². The Morgan fingerprint density at radius 2 is 1.96 bits per heavy atom. The molecule has 0 unspecified atom stereocenters. The van der Waals surface area contributed by atoms with E-state index in [1.807, 2.05) is 6.92 Å². The Kier molecular flexibility index (Phi) is 6.28. The third-order valence-electron chi connectivity index (χ3n) is 2.82. The molecule has 0 aliphatic carbocycles. The molecule has 0 saturated heterocycles. The van der Waals surface area contributed by atoms with E-state index in [9.17, 15) is 4.79 Å². The summed E-state index contributed by atoms with van der Waals surface area (Å²) in [4.78, 5) is 12.0. The van der Waals surface area contributed by atoms with E-state index < -0.39 is 5.91 Å². The highest BCUT2D eigenvalue weighted by molar-refractivity contribution is 6.42. The fourth-order valence-electron chi connectivity index (χ4n) is 1.77. The van der Waals surface area contributed by atoms with Gasteiger partial charge in [0.25, 0.3) is 5.91 Å². The average molecular weight is 372 g/mol. The predicted octanol–water partition coefficient (Wildman–Crippen LogP) is 4.81. The van der Waals surface area contributed by atoms with E-state index in [2.05, 4.69) is 10.5 Å². The summed E-state index contributed by atoms with van der Waals surface area (Å²) >= 11 is 17.6. The number of carbonyl (C=O) groups is 1. The van der Waals surface area contributed by atoms with Crippen molar-refractivity contribution in [1.82, 2.24) is 5.43 Å². The summed E-state index contributed by atoms with van der Waals surface area (Å²) in [7, 11) is 0. The highest BCUT2D eigenvalue weighted by atomic mass is 35.5. The van der Waals surface area contributed by atoms with Crippen molar-refractivity contribution in [3.8, 4) is 5.75 Å².